The third-order valence-electron chi connectivity index (χ3n) is 10.6. The highest BCUT2D eigenvalue weighted by molar-refractivity contribution is 7.90. The van der Waals surface area contributed by atoms with Crippen LogP contribution < -0.4 is 20.1 Å². The molecule has 4 amide bonds. The Morgan fingerprint density at radius 2 is 1.75 bits per heavy atom. The van der Waals surface area contributed by atoms with E-state index in [0.717, 1.165) is 18.4 Å². The summed E-state index contributed by atoms with van der Waals surface area (Å²) in [6.07, 6.45) is 7.94. The topological polar surface area (TPSA) is 204 Å². The highest BCUT2D eigenvalue weighted by Crippen LogP contribution is 2.46. The fourth-order valence-electron chi connectivity index (χ4n) is 7.50. The number of alkyl carbamates (subject to hydrolysis) is 1. The lowest BCUT2D eigenvalue weighted by molar-refractivity contribution is -0.141. The van der Waals surface area contributed by atoms with Gasteiger partial charge in [0.15, 0.2) is 0 Å². The van der Waals surface area contributed by atoms with Crippen molar-refractivity contribution in [2.75, 3.05) is 13.7 Å². The summed E-state index contributed by atoms with van der Waals surface area (Å²) in [4.78, 5) is 63.8. The molecule has 59 heavy (non-hydrogen) atoms. The Balaban J connectivity index is 1.24. The number of sulfonamides is 1. The van der Waals surface area contributed by atoms with Gasteiger partial charge in [0.05, 0.1) is 18.0 Å². The van der Waals surface area contributed by atoms with E-state index < -0.39 is 69.0 Å². The lowest BCUT2D eigenvalue weighted by Gasteiger charge is -2.30. The molecule has 1 aliphatic carbocycles. The minimum absolute atomic E-state index is 0.0115. The van der Waals surface area contributed by atoms with Crippen molar-refractivity contribution in [2.24, 2.45) is 5.92 Å². The van der Waals surface area contributed by atoms with Crippen LogP contribution in [0.1, 0.15) is 71.8 Å². The van der Waals surface area contributed by atoms with E-state index in [1.54, 1.807) is 52.3 Å². The number of hydrogen-bond acceptors (Lipinski definition) is 12. The predicted octanol–water partition coefficient (Wildman–Crippen LogP) is 5.01. The second-order valence-electron chi connectivity index (χ2n) is 16.0. The zero-order valence-electron chi connectivity index (χ0n) is 33.3. The summed E-state index contributed by atoms with van der Waals surface area (Å²) in [7, 11) is -2.70. The molecule has 4 heterocycles. The smallest absolute Gasteiger partial charge is 0.408 e. The van der Waals surface area contributed by atoms with E-state index in [1.165, 1.54) is 33.2 Å². The summed E-state index contributed by atoms with van der Waals surface area (Å²) < 4.78 is 39.7. The van der Waals surface area contributed by atoms with Crippen molar-refractivity contribution in [1.29, 1.82) is 0 Å². The number of rotatable bonds is 8. The van der Waals surface area contributed by atoms with Crippen LogP contribution in [0.2, 0.25) is 0 Å². The quantitative estimate of drug-likeness (QED) is 0.201. The fourth-order valence-corrected chi connectivity index (χ4v) is 9.18. The van der Waals surface area contributed by atoms with Gasteiger partial charge in [-0.05, 0) is 82.9 Å². The Bertz CT molecular complexity index is 2310. The molecule has 2 aromatic carbocycles. The molecule has 3 N–H and O–H groups in total. The number of benzene rings is 2. The molecule has 0 unspecified atom stereocenters. The number of hydrogen-bond donors (Lipinski definition) is 3. The van der Waals surface area contributed by atoms with Crippen LogP contribution in [0.25, 0.3) is 22.0 Å². The third kappa shape index (κ3) is 9.33. The van der Waals surface area contributed by atoms with Crippen molar-refractivity contribution in [2.45, 2.75) is 99.9 Å². The van der Waals surface area contributed by atoms with Gasteiger partial charge in [-0.1, -0.05) is 43.2 Å². The van der Waals surface area contributed by atoms with Crippen molar-refractivity contribution < 1.29 is 37.1 Å². The first kappa shape index (κ1) is 41.5. The Hall–Kier alpha value is -5.62. The summed E-state index contributed by atoms with van der Waals surface area (Å²) >= 11 is 1.39. The van der Waals surface area contributed by atoms with Crippen LogP contribution in [-0.2, 0) is 29.1 Å². The highest BCUT2D eigenvalue weighted by atomic mass is 32.2. The molecule has 2 fully saturated rings. The van der Waals surface area contributed by atoms with E-state index in [1.807, 2.05) is 41.8 Å². The van der Waals surface area contributed by atoms with Gasteiger partial charge >= 0.3 is 6.09 Å². The van der Waals surface area contributed by atoms with Gasteiger partial charge < -0.3 is 25.0 Å². The number of methoxy groups -OCH3 is 1. The monoisotopic (exact) mass is 844 g/mol. The van der Waals surface area contributed by atoms with Crippen LogP contribution in [0.4, 0.5) is 4.79 Å². The minimum Gasteiger partial charge on any atom is -0.497 e. The molecule has 2 aliphatic heterocycles. The average Bonchev–Trinajstić information content (AvgIpc) is 3.66. The third-order valence-corrected chi connectivity index (χ3v) is 12.7. The first-order valence-corrected chi connectivity index (χ1v) is 22.0. The molecule has 312 valence electrons. The van der Waals surface area contributed by atoms with E-state index in [0.29, 0.717) is 41.4 Å². The summed E-state index contributed by atoms with van der Waals surface area (Å²) in [5.74, 6) is -1.87. The number of nitrogens with zero attached hydrogens (tertiary/aromatic N) is 5. The van der Waals surface area contributed by atoms with Gasteiger partial charge in [-0.3, -0.25) is 14.4 Å². The van der Waals surface area contributed by atoms with Gasteiger partial charge in [-0.15, -0.1) is 16.4 Å². The SMILES string of the molecule is COc1ccc(-c2nn([C@@H]3C[C@H]4C(=O)N[C@]5(C(=O)NS(=O)(=O)c6ccccc6)C[C@H]5/C=C/CCCCC[C@@H](NC(=O)OC(C)(C)C)C(=O)N4C3)nc2-c2nccs2)cc1. The first-order valence-electron chi connectivity index (χ1n) is 19.6. The number of carbonyl (C=O) groups is 4. The van der Waals surface area contributed by atoms with E-state index in [9.17, 15) is 27.6 Å². The van der Waals surface area contributed by atoms with Crippen LogP contribution in [0.3, 0.4) is 0 Å². The summed E-state index contributed by atoms with van der Waals surface area (Å²) in [5, 5.41) is 17.9. The Labute approximate surface area is 346 Å². The molecule has 2 aromatic heterocycles. The maximum atomic E-state index is 14.7. The zero-order valence-corrected chi connectivity index (χ0v) is 34.9. The molecule has 0 spiro atoms. The van der Waals surface area contributed by atoms with Gasteiger partial charge in [0.1, 0.15) is 45.4 Å². The average molecular weight is 845 g/mol. The number of aromatic nitrogens is 4. The predicted molar refractivity (Wildman–Crippen MR) is 218 cm³/mol. The maximum Gasteiger partial charge on any atom is 0.408 e. The second-order valence-corrected chi connectivity index (χ2v) is 18.5. The van der Waals surface area contributed by atoms with Gasteiger partial charge in [0.2, 0.25) is 11.8 Å². The second kappa shape index (κ2) is 16.9. The van der Waals surface area contributed by atoms with E-state index in [2.05, 4.69) is 20.3 Å². The summed E-state index contributed by atoms with van der Waals surface area (Å²) in [6.45, 7) is 5.16. The van der Waals surface area contributed by atoms with Gasteiger partial charge in [-0.2, -0.15) is 9.90 Å². The molecule has 3 aliphatic rings. The molecule has 1 saturated heterocycles. The molecule has 0 radical (unpaired) electrons. The standard InChI is InChI=1S/C41H48N8O8S2/c1-40(2,3)57-39(53)43-31-16-12-7-5-6-9-13-27-24-41(27,38(52)47-59(54,55)30-14-10-8-11-15-30)44-35(50)32-23-28(25-48(32)37(31)51)49-45-33(26-17-19-29(56-4)20-18-26)34(46-49)36-42-21-22-58-36/h8-11,13-15,17-22,27-28,31-32H,5-7,12,16,23-25H2,1-4H3,(H,43,53)(H,44,50)(H,47,52)/b13-9+/t27-,28-,31-,32+,41-/m1/s1. The Kier molecular flexibility index (Phi) is 11.9. The van der Waals surface area contributed by atoms with Crippen LogP contribution in [0.5, 0.6) is 5.75 Å². The van der Waals surface area contributed by atoms with Gasteiger partial charge in [-0.25, -0.2) is 22.9 Å². The van der Waals surface area contributed by atoms with E-state index in [4.69, 9.17) is 19.7 Å². The molecule has 1 saturated carbocycles. The Morgan fingerprint density at radius 3 is 2.44 bits per heavy atom. The molecule has 7 rings (SSSR count). The number of thiazole rings is 1. The number of amides is 4. The van der Waals surface area contributed by atoms with Crippen LogP contribution in [-0.4, -0.2) is 94.0 Å². The van der Waals surface area contributed by atoms with Crippen LogP contribution >= 0.6 is 11.3 Å². The largest absolute Gasteiger partial charge is 0.497 e. The lowest BCUT2D eigenvalue weighted by Crippen LogP contribution is -2.58. The van der Waals surface area contributed by atoms with Crippen molar-refractivity contribution >= 4 is 45.2 Å². The molecule has 18 heteroatoms. The van der Waals surface area contributed by atoms with Gasteiger partial charge in [0.25, 0.3) is 15.9 Å². The maximum absolute atomic E-state index is 14.7. The van der Waals surface area contributed by atoms with Gasteiger partial charge in [0, 0.05) is 36.0 Å². The molecule has 4 aromatic rings. The minimum atomic E-state index is -4.28. The molecule has 0 bridgehead atoms. The summed E-state index contributed by atoms with van der Waals surface area (Å²) in [5.41, 5.74) is -0.628. The molecular formula is C41H48N8O8S2. The number of fused-ring (bicyclic) bond motifs is 2. The first-order chi connectivity index (χ1) is 28.2. The summed E-state index contributed by atoms with van der Waals surface area (Å²) in [6, 6.07) is 12.0. The number of ether oxygens (including phenoxy) is 2. The van der Waals surface area contributed by atoms with E-state index >= 15 is 0 Å². The van der Waals surface area contributed by atoms with E-state index in [-0.39, 0.29) is 24.3 Å². The lowest BCUT2D eigenvalue weighted by atomic mass is 10.0. The normalized spacial score (nSPS) is 24.4. The highest BCUT2D eigenvalue weighted by Gasteiger charge is 2.61. The Morgan fingerprint density at radius 1 is 1.00 bits per heavy atom. The fraction of sp³-hybridized carbons (Fsp3) is 0.439. The zero-order chi connectivity index (χ0) is 42.0. The molecule has 5 atom stereocenters. The number of nitrogens with one attached hydrogen (secondary N) is 3. The molecule has 16 nitrogen and oxygen atoms in total. The number of allylic oxidation sites excluding steroid dienone is 1. The van der Waals surface area contributed by atoms with Crippen LogP contribution in [0, 0.1) is 5.92 Å². The molecular weight excluding hydrogens is 797 g/mol. The van der Waals surface area contributed by atoms with Crippen molar-refractivity contribution in [3.05, 3.63) is 78.3 Å². The number of carbonyl (C=O) groups excluding carboxylic acids is 4. The van der Waals surface area contributed by atoms with Crippen LogP contribution in [0.15, 0.2) is 83.2 Å². The van der Waals surface area contributed by atoms with Crippen molar-refractivity contribution in [1.82, 2.24) is 40.2 Å². The van der Waals surface area contributed by atoms with Crippen molar-refractivity contribution in [3.8, 4) is 27.7 Å². The van der Waals surface area contributed by atoms with Crippen molar-refractivity contribution in [3.63, 3.8) is 0 Å².